The number of nitrogens with one attached hydrogen (secondary N) is 1. The summed E-state index contributed by atoms with van der Waals surface area (Å²) in [7, 11) is 1.62. The molecule has 1 fully saturated rings. The van der Waals surface area contributed by atoms with Crippen molar-refractivity contribution >= 4 is 5.91 Å². The van der Waals surface area contributed by atoms with E-state index >= 15 is 0 Å². The number of benzene rings is 1. The Balaban J connectivity index is 1.83. The standard InChI is InChI=1S/C18H24N4O3/c1-12(23)20-15(11-13-6-5-7-14(10-13)24-2)16-21-17(22-25-16)18(19)8-3-4-9-18/h5-7,10,15H,3-4,8-9,11,19H2,1-2H3,(H,20,23). The smallest absolute Gasteiger partial charge is 0.249 e. The van der Waals surface area contributed by atoms with Gasteiger partial charge >= 0.3 is 0 Å². The second kappa shape index (κ2) is 7.23. The van der Waals surface area contributed by atoms with Gasteiger partial charge in [-0.1, -0.05) is 30.1 Å². The Labute approximate surface area is 146 Å². The largest absolute Gasteiger partial charge is 0.497 e. The maximum absolute atomic E-state index is 11.6. The molecule has 1 amide bonds. The first-order chi connectivity index (χ1) is 12.0. The number of aromatic nitrogens is 2. The van der Waals surface area contributed by atoms with Gasteiger partial charge < -0.3 is 20.3 Å². The third kappa shape index (κ3) is 3.99. The monoisotopic (exact) mass is 344 g/mol. The van der Waals surface area contributed by atoms with Crippen molar-refractivity contribution in [2.24, 2.45) is 5.73 Å². The first kappa shape index (κ1) is 17.4. The van der Waals surface area contributed by atoms with Gasteiger partial charge in [0.25, 0.3) is 0 Å². The number of carbonyl (C=O) groups excluding carboxylic acids is 1. The number of hydrogen-bond donors (Lipinski definition) is 2. The van der Waals surface area contributed by atoms with Gasteiger partial charge in [-0.3, -0.25) is 4.79 Å². The molecule has 2 aromatic rings. The summed E-state index contributed by atoms with van der Waals surface area (Å²) in [6, 6.07) is 7.27. The molecular weight excluding hydrogens is 320 g/mol. The van der Waals surface area contributed by atoms with Gasteiger partial charge in [0, 0.05) is 13.3 Å². The summed E-state index contributed by atoms with van der Waals surface area (Å²) >= 11 is 0. The van der Waals surface area contributed by atoms with E-state index in [9.17, 15) is 4.79 Å². The number of amides is 1. The molecule has 1 atom stereocenters. The van der Waals surface area contributed by atoms with E-state index in [1.165, 1.54) is 6.92 Å². The van der Waals surface area contributed by atoms with Crippen molar-refractivity contribution < 1.29 is 14.1 Å². The van der Waals surface area contributed by atoms with Crippen molar-refractivity contribution in [3.05, 3.63) is 41.5 Å². The fourth-order valence-electron chi connectivity index (χ4n) is 3.29. The summed E-state index contributed by atoms with van der Waals surface area (Å²) in [5, 5.41) is 6.97. The summed E-state index contributed by atoms with van der Waals surface area (Å²) in [4.78, 5) is 16.1. The lowest BCUT2D eigenvalue weighted by Crippen LogP contribution is -2.34. The van der Waals surface area contributed by atoms with Crippen molar-refractivity contribution in [1.82, 2.24) is 15.5 Å². The zero-order chi connectivity index (χ0) is 17.9. The average molecular weight is 344 g/mol. The third-order valence-corrected chi connectivity index (χ3v) is 4.63. The molecule has 1 aliphatic rings. The average Bonchev–Trinajstić information content (AvgIpc) is 3.24. The van der Waals surface area contributed by atoms with Gasteiger partial charge in [0.2, 0.25) is 11.8 Å². The normalized spacial score (nSPS) is 17.2. The highest BCUT2D eigenvalue weighted by atomic mass is 16.5. The van der Waals surface area contributed by atoms with Gasteiger partial charge in [-0.05, 0) is 30.5 Å². The van der Waals surface area contributed by atoms with Crippen LogP contribution >= 0.6 is 0 Å². The number of ether oxygens (including phenoxy) is 1. The number of methoxy groups -OCH3 is 1. The predicted octanol–water partition coefficient (Wildman–Crippen LogP) is 2.23. The van der Waals surface area contributed by atoms with E-state index in [0.29, 0.717) is 18.1 Å². The van der Waals surface area contributed by atoms with Gasteiger partial charge in [-0.2, -0.15) is 4.98 Å². The molecule has 1 aromatic carbocycles. The van der Waals surface area contributed by atoms with Crippen molar-refractivity contribution in [1.29, 1.82) is 0 Å². The van der Waals surface area contributed by atoms with E-state index in [-0.39, 0.29) is 5.91 Å². The summed E-state index contributed by atoms with van der Waals surface area (Å²) in [6.45, 7) is 1.47. The minimum Gasteiger partial charge on any atom is -0.497 e. The van der Waals surface area contributed by atoms with Crippen molar-refractivity contribution in [2.75, 3.05) is 7.11 Å². The molecule has 134 valence electrons. The van der Waals surface area contributed by atoms with Crippen LogP contribution in [0.1, 0.15) is 55.9 Å². The minimum absolute atomic E-state index is 0.157. The van der Waals surface area contributed by atoms with E-state index < -0.39 is 11.6 Å². The van der Waals surface area contributed by atoms with Crippen LogP contribution in [-0.2, 0) is 16.8 Å². The molecule has 3 rings (SSSR count). The summed E-state index contributed by atoms with van der Waals surface area (Å²) < 4.78 is 10.7. The lowest BCUT2D eigenvalue weighted by atomic mass is 9.98. The van der Waals surface area contributed by atoms with Gasteiger partial charge in [0.05, 0.1) is 12.6 Å². The Morgan fingerprint density at radius 1 is 1.44 bits per heavy atom. The van der Waals surface area contributed by atoms with Gasteiger partial charge in [0.15, 0.2) is 5.82 Å². The van der Waals surface area contributed by atoms with Crippen LogP contribution in [0.4, 0.5) is 0 Å². The maximum atomic E-state index is 11.6. The van der Waals surface area contributed by atoms with Crippen molar-refractivity contribution in [2.45, 2.75) is 50.6 Å². The third-order valence-electron chi connectivity index (χ3n) is 4.63. The molecule has 0 radical (unpaired) electrons. The topological polar surface area (TPSA) is 103 Å². The first-order valence-electron chi connectivity index (χ1n) is 8.53. The Hall–Kier alpha value is -2.41. The second-order valence-electron chi connectivity index (χ2n) is 6.63. The molecular formula is C18H24N4O3. The summed E-state index contributed by atoms with van der Waals surface area (Å²) in [6.07, 6.45) is 4.37. The number of hydrogen-bond acceptors (Lipinski definition) is 6. The van der Waals surface area contributed by atoms with Crippen LogP contribution in [0.3, 0.4) is 0 Å². The molecule has 0 saturated heterocycles. The second-order valence-corrected chi connectivity index (χ2v) is 6.63. The highest BCUT2D eigenvalue weighted by Crippen LogP contribution is 2.35. The van der Waals surface area contributed by atoms with E-state index in [4.69, 9.17) is 15.0 Å². The number of nitrogens with two attached hydrogens (primary N) is 1. The zero-order valence-electron chi connectivity index (χ0n) is 14.6. The van der Waals surface area contributed by atoms with Gasteiger partial charge in [0.1, 0.15) is 11.8 Å². The molecule has 0 bridgehead atoms. The lowest BCUT2D eigenvalue weighted by Gasteiger charge is -2.18. The fourth-order valence-corrected chi connectivity index (χ4v) is 3.29. The van der Waals surface area contributed by atoms with Crippen LogP contribution in [0.2, 0.25) is 0 Å². The molecule has 3 N–H and O–H groups in total. The van der Waals surface area contributed by atoms with Gasteiger partial charge in [-0.15, -0.1) is 0 Å². The van der Waals surface area contributed by atoms with Crippen LogP contribution in [0.15, 0.2) is 28.8 Å². The summed E-state index contributed by atoms with van der Waals surface area (Å²) in [5.41, 5.74) is 6.88. The number of carbonyl (C=O) groups is 1. The van der Waals surface area contributed by atoms with Crippen LogP contribution in [0.25, 0.3) is 0 Å². The molecule has 0 aliphatic heterocycles. The van der Waals surface area contributed by atoms with Crippen LogP contribution in [-0.4, -0.2) is 23.2 Å². The molecule has 7 heteroatoms. The van der Waals surface area contributed by atoms with Crippen LogP contribution in [0.5, 0.6) is 5.75 Å². The Bertz CT molecular complexity index is 737. The Morgan fingerprint density at radius 2 is 2.20 bits per heavy atom. The minimum atomic E-state index is -0.515. The maximum Gasteiger partial charge on any atom is 0.249 e. The van der Waals surface area contributed by atoms with E-state index in [0.717, 1.165) is 37.0 Å². The number of rotatable bonds is 6. The predicted molar refractivity (Wildman–Crippen MR) is 91.9 cm³/mol. The van der Waals surface area contributed by atoms with Crippen LogP contribution in [0, 0.1) is 0 Å². The zero-order valence-corrected chi connectivity index (χ0v) is 14.6. The van der Waals surface area contributed by atoms with E-state index in [1.54, 1.807) is 7.11 Å². The first-order valence-corrected chi connectivity index (χ1v) is 8.53. The highest BCUT2D eigenvalue weighted by molar-refractivity contribution is 5.73. The molecule has 25 heavy (non-hydrogen) atoms. The van der Waals surface area contributed by atoms with Crippen molar-refractivity contribution in [3.63, 3.8) is 0 Å². The van der Waals surface area contributed by atoms with E-state index in [1.807, 2.05) is 24.3 Å². The highest BCUT2D eigenvalue weighted by Gasteiger charge is 2.36. The van der Waals surface area contributed by atoms with Crippen LogP contribution < -0.4 is 15.8 Å². The van der Waals surface area contributed by atoms with Gasteiger partial charge in [-0.25, -0.2) is 0 Å². The number of nitrogens with zero attached hydrogens (tertiary/aromatic N) is 2. The lowest BCUT2D eigenvalue weighted by molar-refractivity contribution is -0.119. The molecule has 0 spiro atoms. The quantitative estimate of drug-likeness (QED) is 0.833. The fraction of sp³-hybridized carbons (Fsp3) is 0.500. The molecule has 1 saturated carbocycles. The molecule has 7 nitrogen and oxygen atoms in total. The molecule has 1 aromatic heterocycles. The molecule has 1 heterocycles. The van der Waals surface area contributed by atoms with Crippen molar-refractivity contribution in [3.8, 4) is 5.75 Å². The SMILES string of the molecule is COc1cccc(CC(NC(C)=O)c2nc(C3(N)CCCC3)no2)c1. The van der Waals surface area contributed by atoms with E-state index in [2.05, 4.69) is 15.5 Å². The molecule has 1 aliphatic carbocycles. The summed E-state index contributed by atoms with van der Waals surface area (Å²) in [5.74, 6) is 1.51. The molecule has 1 unspecified atom stereocenters. The Morgan fingerprint density at radius 3 is 2.88 bits per heavy atom. The Kier molecular flexibility index (Phi) is 5.03.